The molecule has 1 unspecified atom stereocenters. The third kappa shape index (κ3) is 3.21. The molecule has 5 nitrogen and oxygen atoms in total. The molecule has 0 spiro atoms. The molecule has 18 heavy (non-hydrogen) atoms. The smallest absolute Gasteiger partial charge is 0.408 e. The normalized spacial score (nSPS) is 13.0. The number of nitrogens with two attached hydrogens (primary N) is 1. The summed E-state index contributed by atoms with van der Waals surface area (Å²) in [6.07, 6.45) is 0.905. The summed E-state index contributed by atoms with van der Waals surface area (Å²) >= 11 is 0. The summed E-state index contributed by atoms with van der Waals surface area (Å²) in [5.74, 6) is 0.0900. The van der Waals surface area contributed by atoms with Crippen molar-refractivity contribution in [3.63, 3.8) is 0 Å². The number of nitrogens with one attached hydrogen (secondary N) is 2. The summed E-state index contributed by atoms with van der Waals surface area (Å²) in [4.78, 5) is 13.6. The molecule has 2 rings (SSSR count). The van der Waals surface area contributed by atoms with Crippen LogP contribution < -0.4 is 16.8 Å². The lowest BCUT2D eigenvalue weighted by molar-refractivity contribution is 0.524. The average Bonchev–Trinajstić information content (AvgIpc) is 2.73. The van der Waals surface area contributed by atoms with Gasteiger partial charge in [-0.05, 0) is 49.7 Å². The first-order chi connectivity index (χ1) is 8.69. The van der Waals surface area contributed by atoms with Crippen LogP contribution in [-0.2, 0) is 6.42 Å². The second-order valence-electron chi connectivity index (χ2n) is 4.64. The van der Waals surface area contributed by atoms with Gasteiger partial charge < -0.3 is 15.5 Å². The van der Waals surface area contributed by atoms with E-state index in [4.69, 9.17) is 10.2 Å². The van der Waals surface area contributed by atoms with Crippen LogP contribution >= 0.6 is 0 Å². The largest absolute Gasteiger partial charge is 0.417 e. The maximum Gasteiger partial charge on any atom is 0.417 e. The molecule has 0 amide bonds. The first-order valence-electron chi connectivity index (χ1n) is 6.21. The lowest BCUT2D eigenvalue weighted by Gasteiger charge is -2.09. The third-order valence-electron chi connectivity index (χ3n) is 2.97. The Morgan fingerprint density at radius 1 is 1.50 bits per heavy atom. The Balaban J connectivity index is 1.89. The zero-order valence-electron chi connectivity index (χ0n) is 10.5. The molecule has 0 bridgehead atoms. The van der Waals surface area contributed by atoms with E-state index >= 15 is 0 Å². The number of oxazole rings is 1. The SMILES string of the molecule is CC(CN)CNCCc1ccc2[nH]c(=O)oc2c1. The van der Waals surface area contributed by atoms with Gasteiger partial charge in [-0.2, -0.15) is 0 Å². The molecule has 0 saturated carbocycles. The van der Waals surface area contributed by atoms with Crippen LogP contribution in [0.15, 0.2) is 27.4 Å². The van der Waals surface area contributed by atoms with Gasteiger partial charge in [0, 0.05) is 0 Å². The van der Waals surface area contributed by atoms with E-state index in [1.807, 2.05) is 18.2 Å². The van der Waals surface area contributed by atoms with Gasteiger partial charge in [0.25, 0.3) is 0 Å². The summed E-state index contributed by atoms with van der Waals surface area (Å²) in [7, 11) is 0. The predicted molar refractivity (Wildman–Crippen MR) is 71.6 cm³/mol. The molecule has 98 valence electrons. The molecule has 5 heteroatoms. The van der Waals surface area contributed by atoms with Crippen LogP contribution in [-0.4, -0.2) is 24.6 Å². The highest BCUT2D eigenvalue weighted by Gasteiger charge is 2.02. The third-order valence-corrected chi connectivity index (χ3v) is 2.97. The summed E-state index contributed by atoms with van der Waals surface area (Å²) in [5.41, 5.74) is 8.06. The molecule has 0 aliphatic carbocycles. The van der Waals surface area contributed by atoms with E-state index in [2.05, 4.69) is 17.2 Å². The second kappa shape index (κ2) is 5.84. The standard InChI is InChI=1S/C13H19N3O2/c1-9(7-14)8-15-5-4-10-2-3-11-12(6-10)18-13(17)16-11/h2-3,6,9,15H,4-5,7-8,14H2,1H3,(H,16,17). The van der Waals surface area contributed by atoms with E-state index < -0.39 is 5.76 Å². The molecular formula is C13H19N3O2. The molecule has 1 atom stereocenters. The Hall–Kier alpha value is -1.59. The zero-order chi connectivity index (χ0) is 13.0. The van der Waals surface area contributed by atoms with E-state index in [1.165, 1.54) is 0 Å². The van der Waals surface area contributed by atoms with Gasteiger partial charge in [-0.25, -0.2) is 4.79 Å². The number of hydrogen-bond acceptors (Lipinski definition) is 4. The Morgan fingerprint density at radius 2 is 2.33 bits per heavy atom. The first-order valence-corrected chi connectivity index (χ1v) is 6.21. The number of aromatic nitrogens is 1. The van der Waals surface area contributed by atoms with Crippen molar-refractivity contribution in [2.75, 3.05) is 19.6 Å². The highest BCUT2D eigenvalue weighted by atomic mass is 16.4. The number of aromatic amines is 1. The molecule has 0 radical (unpaired) electrons. The summed E-state index contributed by atoms with van der Waals surface area (Å²) in [6.45, 7) is 4.64. The van der Waals surface area contributed by atoms with E-state index in [0.717, 1.165) is 30.6 Å². The minimum atomic E-state index is -0.406. The lowest BCUT2D eigenvalue weighted by atomic mass is 10.1. The molecule has 1 heterocycles. The highest BCUT2D eigenvalue weighted by Crippen LogP contribution is 2.12. The van der Waals surface area contributed by atoms with E-state index in [0.29, 0.717) is 18.0 Å². The minimum absolute atomic E-state index is 0.406. The van der Waals surface area contributed by atoms with Crippen molar-refractivity contribution >= 4 is 11.1 Å². The van der Waals surface area contributed by atoms with Crippen LogP contribution in [0.5, 0.6) is 0 Å². The topological polar surface area (TPSA) is 84.0 Å². The molecule has 1 aromatic carbocycles. The zero-order valence-corrected chi connectivity index (χ0v) is 10.5. The molecule has 0 aliphatic rings. The van der Waals surface area contributed by atoms with Gasteiger partial charge in [0.2, 0.25) is 0 Å². The highest BCUT2D eigenvalue weighted by molar-refractivity contribution is 5.72. The van der Waals surface area contributed by atoms with Gasteiger partial charge >= 0.3 is 5.76 Å². The van der Waals surface area contributed by atoms with Gasteiger partial charge in [-0.1, -0.05) is 13.0 Å². The van der Waals surface area contributed by atoms with Crippen LogP contribution in [0.25, 0.3) is 11.1 Å². The molecule has 4 N–H and O–H groups in total. The van der Waals surface area contributed by atoms with Crippen molar-refractivity contribution in [3.05, 3.63) is 34.3 Å². The minimum Gasteiger partial charge on any atom is -0.408 e. The van der Waals surface area contributed by atoms with Crippen molar-refractivity contribution in [2.45, 2.75) is 13.3 Å². The van der Waals surface area contributed by atoms with Gasteiger partial charge in [0.05, 0.1) is 5.52 Å². The van der Waals surface area contributed by atoms with E-state index in [9.17, 15) is 4.79 Å². The van der Waals surface area contributed by atoms with Gasteiger partial charge in [0.15, 0.2) is 5.58 Å². The summed E-state index contributed by atoms with van der Waals surface area (Å²) in [5, 5.41) is 3.36. The van der Waals surface area contributed by atoms with Crippen LogP contribution in [0.3, 0.4) is 0 Å². The van der Waals surface area contributed by atoms with Crippen LogP contribution in [0.1, 0.15) is 12.5 Å². The summed E-state index contributed by atoms with van der Waals surface area (Å²) in [6, 6.07) is 5.78. The number of rotatable bonds is 6. The first kappa shape index (κ1) is 12.9. The van der Waals surface area contributed by atoms with Crippen molar-refractivity contribution in [3.8, 4) is 0 Å². The summed E-state index contributed by atoms with van der Waals surface area (Å²) < 4.78 is 5.02. The predicted octanol–water partition coefficient (Wildman–Crippen LogP) is 0.848. The monoisotopic (exact) mass is 249 g/mol. The number of H-pyrrole nitrogens is 1. The van der Waals surface area contributed by atoms with Gasteiger partial charge in [-0.3, -0.25) is 4.98 Å². The van der Waals surface area contributed by atoms with Crippen molar-refractivity contribution in [1.82, 2.24) is 10.3 Å². The average molecular weight is 249 g/mol. The fourth-order valence-corrected chi connectivity index (χ4v) is 1.81. The van der Waals surface area contributed by atoms with Crippen molar-refractivity contribution < 1.29 is 4.42 Å². The van der Waals surface area contributed by atoms with Crippen molar-refractivity contribution in [1.29, 1.82) is 0 Å². The fraction of sp³-hybridized carbons (Fsp3) is 0.462. The number of fused-ring (bicyclic) bond motifs is 1. The number of hydrogen-bond donors (Lipinski definition) is 3. The number of benzene rings is 1. The maximum absolute atomic E-state index is 11.0. The maximum atomic E-state index is 11.0. The lowest BCUT2D eigenvalue weighted by Crippen LogP contribution is -2.27. The van der Waals surface area contributed by atoms with Gasteiger partial charge in [0.1, 0.15) is 0 Å². The fourth-order valence-electron chi connectivity index (χ4n) is 1.81. The molecular weight excluding hydrogens is 230 g/mol. The second-order valence-corrected chi connectivity index (χ2v) is 4.64. The Labute approximate surface area is 105 Å². The Morgan fingerprint density at radius 3 is 3.11 bits per heavy atom. The molecule has 1 aromatic heterocycles. The van der Waals surface area contributed by atoms with Crippen LogP contribution in [0.4, 0.5) is 0 Å². The van der Waals surface area contributed by atoms with Gasteiger partial charge in [-0.15, -0.1) is 0 Å². The Kier molecular flexibility index (Phi) is 4.17. The quantitative estimate of drug-likeness (QED) is 0.663. The molecule has 2 aromatic rings. The van der Waals surface area contributed by atoms with Crippen LogP contribution in [0.2, 0.25) is 0 Å². The molecule has 0 aliphatic heterocycles. The molecule has 0 saturated heterocycles. The van der Waals surface area contributed by atoms with E-state index in [-0.39, 0.29) is 0 Å². The van der Waals surface area contributed by atoms with Crippen LogP contribution in [0, 0.1) is 5.92 Å². The van der Waals surface area contributed by atoms with E-state index in [1.54, 1.807) is 0 Å². The molecule has 0 fully saturated rings. The van der Waals surface area contributed by atoms with Crippen molar-refractivity contribution in [2.24, 2.45) is 11.7 Å². The Bertz CT molecular complexity index is 559.